The average molecular weight is 255 g/mol. The largest absolute Gasteiger partial charge is 0.377 e. The molecule has 2 rings (SSSR count). The van der Waals surface area contributed by atoms with E-state index in [0.29, 0.717) is 18.1 Å². The zero-order valence-corrected chi connectivity index (χ0v) is 10.7. The fourth-order valence-corrected chi connectivity index (χ4v) is 2.89. The van der Waals surface area contributed by atoms with Crippen molar-refractivity contribution in [2.45, 2.75) is 37.3 Å². The average Bonchev–Trinajstić information content (AvgIpc) is 3.10. The van der Waals surface area contributed by atoms with Crippen molar-refractivity contribution in [2.24, 2.45) is 0 Å². The monoisotopic (exact) mass is 255 g/mol. The summed E-state index contributed by atoms with van der Waals surface area (Å²) in [7, 11) is -3.35. The van der Waals surface area contributed by atoms with Gasteiger partial charge in [0.1, 0.15) is 0 Å². The van der Waals surface area contributed by atoms with Gasteiger partial charge in [-0.1, -0.05) is 12.1 Å². The molecule has 0 heterocycles. The molecule has 1 aliphatic rings. The molecule has 0 atom stereocenters. The van der Waals surface area contributed by atoms with Gasteiger partial charge in [-0.3, -0.25) is 0 Å². The molecule has 0 amide bonds. The van der Waals surface area contributed by atoms with Gasteiger partial charge in [0.05, 0.1) is 11.5 Å². The molecule has 1 N–H and O–H groups in total. The zero-order chi connectivity index (χ0) is 12.3. The maximum atomic E-state index is 12.0. The number of ether oxygens (including phenoxy) is 1. The van der Waals surface area contributed by atoms with E-state index in [-0.39, 0.29) is 6.04 Å². The first-order valence-corrected chi connectivity index (χ1v) is 7.29. The minimum Gasteiger partial charge on any atom is -0.377 e. The predicted octanol–water partition coefficient (Wildman–Crippen LogP) is 1.66. The van der Waals surface area contributed by atoms with E-state index in [9.17, 15) is 8.42 Å². The van der Waals surface area contributed by atoms with Gasteiger partial charge in [-0.25, -0.2) is 13.1 Å². The fourth-order valence-electron chi connectivity index (χ4n) is 1.51. The minimum atomic E-state index is -3.35. The van der Waals surface area contributed by atoms with E-state index in [1.807, 2.05) is 13.0 Å². The highest BCUT2D eigenvalue weighted by atomic mass is 32.2. The zero-order valence-electron chi connectivity index (χ0n) is 9.85. The van der Waals surface area contributed by atoms with Crippen LogP contribution in [0.1, 0.15) is 25.3 Å². The van der Waals surface area contributed by atoms with E-state index >= 15 is 0 Å². The quantitative estimate of drug-likeness (QED) is 0.841. The highest BCUT2D eigenvalue weighted by Crippen LogP contribution is 2.22. The second-order valence-corrected chi connectivity index (χ2v) is 5.89. The summed E-state index contributed by atoms with van der Waals surface area (Å²) in [6.07, 6.45) is 1.88. The lowest BCUT2D eigenvalue weighted by Crippen LogP contribution is -2.25. The van der Waals surface area contributed by atoms with Crippen LogP contribution in [-0.2, 0) is 21.4 Å². The molecule has 17 heavy (non-hydrogen) atoms. The van der Waals surface area contributed by atoms with Crippen LogP contribution in [0, 0.1) is 0 Å². The summed E-state index contributed by atoms with van der Waals surface area (Å²) in [4.78, 5) is 0.321. The molecule has 94 valence electrons. The van der Waals surface area contributed by atoms with E-state index in [4.69, 9.17) is 4.74 Å². The van der Waals surface area contributed by atoms with Crippen molar-refractivity contribution in [3.05, 3.63) is 29.8 Å². The Morgan fingerprint density at radius 2 is 2.18 bits per heavy atom. The van der Waals surface area contributed by atoms with Gasteiger partial charge in [0.2, 0.25) is 10.0 Å². The van der Waals surface area contributed by atoms with Crippen LogP contribution in [0.4, 0.5) is 0 Å². The Labute approximate surface area is 102 Å². The van der Waals surface area contributed by atoms with Crippen LogP contribution in [0.2, 0.25) is 0 Å². The van der Waals surface area contributed by atoms with Crippen LogP contribution in [-0.4, -0.2) is 21.1 Å². The Morgan fingerprint density at radius 3 is 2.82 bits per heavy atom. The van der Waals surface area contributed by atoms with Crippen LogP contribution < -0.4 is 4.72 Å². The van der Waals surface area contributed by atoms with Crippen molar-refractivity contribution in [1.29, 1.82) is 0 Å². The number of nitrogens with one attached hydrogen (secondary N) is 1. The lowest BCUT2D eigenvalue weighted by molar-refractivity contribution is 0.134. The van der Waals surface area contributed by atoms with E-state index < -0.39 is 10.0 Å². The predicted molar refractivity (Wildman–Crippen MR) is 65.1 cm³/mol. The fraction of sp³-hybridized carbons (Fsp3) is 0.500. The molecule has 0 saturated heterocycles. The maximum Gasteiger partial charge on any atom is 0.240 e. The number of rotatable bonds is 6. The third-order valence-electron chi connectivity index (χ3n) is 2.58. The maximum absolute atomic E-state index is 12.0. The van der Waals surface area contributed by atoms with Gasteiger partial charge in [-0.05, 0) is 37.5 Å². The molecule has 4 nitrogen and oxygen atoms in total. The van der Waals surface area contributed by atoms with E-state index in [1.165, 1.54) is 0 Å². The molecule has 0 bridgehead atoms. The highest BCUT2D eigenvalue weighted by Gasteiger charge is 2.27. The van der Waals surface area contributed by atoms with E-state index in [2.05, 4.69) is 4.72 Å². The molecule has 1 saturated carbocycles. The van der Waals surface area contributed by atoms with Crippen LogP contribution in [0.25, 0.3) is 0 Å². The number of hydrogen-bond donors (Lipinski definition) is 1. The molecule has 1 aromatic carbocycles. The molecule has 0 aromatic heterocycles. The Balaban J connectivity index is 2.13. The first kappa shape index (κ1) is 12.5. The van der Waals surface area contributed by atoms with Gasteiger partial charge < -0.3 is 4.74 Å². The molecule has 1 aliphatic carbocycles. The van der Waals surface area contributed by atoms with Gasteiger partial charge in [0, 0.05) is 12.6 Å². The topological polar surface area (TPSA) is 55.4 Å². The highest BCUT2D eigenvalue weighted by molar-refractivity contribution is 7.89. The normalized spacial score (nSPS) is 16.1. The van der Waals surface area contributed by atoms with Gasteiger partial charge in [0.15, 0.2) is 0 Å². The first-order chi connectivity index (χ1) is 8.12. The standard InChI is InChI=1S/C12H17NO3S/c1-2-16-9-10-4-3-5-12(8-10)17(14,15)13-11-6-7-11/h3-5,8,11,13H,2,6-7,9H2,1H3. The minimum absolute atomic E-state index is 0.135. The van der Waals surface area contributed by atoms with Crippen molar-refractivity contribution in [1.82, 2.24) is 4.72 Å². The summed E-state index contributed by atoms with van der Waals surface area (Å²) in [6, 6.07) is 7.03. The molecular weight excluding hydrogens is 238 g/mol. The molecule has 5 heteroatoms. The summed E-state index contributed by atoms with van der Waals surface area (Å²) in [5, 5.41) is 0. The SMILES string of the molecule is CCOCc1cccc(S(=O)(=O)NC2CC2)c1. The molecule has 1 fully saturated rings. The lowest BCUT2D eigenvalue weighted by Gasteiger charge is -2.07. The van der Waals surface area contributed by atoms with Gasteiger partial charge in [-0.15, -0.1) is 0 Å². The molecule has 0 spiro atoms. The molecule has 0 unspecified atom stereocenters. The Kier molecular flexibility index (Phi) is 3.81. The number of hydrogen-bond acceptors (Lipinski definition) is 3. The molecule has 0 aliphatic heterocycles. The van der Waals surface area contributed by atoms with Crippen molar-refractivity contribution in [3.8, 4) is 0 Å². The van der Waals surface area contributed by atoms with Crippen LogP contribution in [0.3, 0.4) is 0 Å². The van der Waals surface area contributed by atoms with Crippen molar-refractivity contribution >= 4 is 10.0 Å². The lowest BCUT2D eigenvalue weighted by atomic mass is 10.2. The summed E-state index contributed by atoms with van der Waals surface area (Å²) in [5.74, 6) is 0. The van der Waals surface area contributed by atoms with E-state index in [0.717, 1.165) is 18.4 Å². The second-order valence-electron chi connectivity index (χ2n) is 4.18. The van der Waals surface area contributed by atoms with Crippen LogP contribution in [0.15, 0.2) is 29.2 Å². The number of benzene rings is 1. The third kappa shape index (κ3) is 3.52. The Bertz CT molecular complexity index is 480. The van der Waals surface area contributed by atoms with Crippen molar-refractivity contribution in [3.63, 3.8) is 0 Å². The van der Waals surface area contributed by atoms with Gasteiger partial charge in [0.25, 0.3) is 0 Å². The molecular formula is C12H17NO3S. The molecule has 1 aromatic rings. The second kappa shape index (κ2) is 5.16. The Hall–Kier alpha value is -0.910. The van der Waals surface area contributed by atoms with E-state index in [1.54, 1.807) is 18.2 Å². The van der Waals surface area contributed by atoms with Gasteiger partial charge >= 0.3 is 0 Å². The summed E-state index contributed by atoms with van der Waals surface area (Å²) in [5.41, 5.74) is 0.880. The number of sulfonamides is 1. The smallest absolute Gasteiger partial charge is 0.240 e. The summed E-state index contributed by atoms with van der Waals surface area (Å²) < 4.78 is 31.8. The summed E-state index contributed by atoms with van der Waals surface area (Å²) in [6.45, 7) is 2.98. The molecule has 0 radical (unpaired) electrons. The third-order valence-corrected chi connectivity index (χ3v) is 4.10. The summed E-state index contributed by atoms with van der Waals surface area (Å²) >= 11 is 0. The van der Waals surface area contributed by atoms with Crippen LogP contribution in [0.5, 0.6) is 0 Å². The first-order valence-electron chi connectivity index (χ1n) is 5.81. The van der Waals surface area contributed by atoms with Gasteiger partial charge in [-0.2, -0.15) is 0 Å². The Morgan fingerprint density at radius 1 is 1.41 bits per heavy atom. The van der Waals surface area contributed by atoms with Crippen LogP contribution >= 0.6 is 0 Å². The van der Waals surface area contributed by atoms with Crippen molar-refractivity contribution < 1.29 is 13.2 Å². The van der Waals surface area contributed by atoms with Crippen molar-refractivity contribution in [2.75, 3.05) is 6.61 Å².